The number of methoxy groups -OCH3 is 2. The van der Waals surface area contributed by atoms with Crippen LogP contribution in [0.4, 0.5) is 8.78 Å². The molecule has 0 unspecified atom stereocenters. The van der Waals surface area contributed by atoms with Crippen LogP contribution in [-0.4, -0.2) is 33.3 Å². The number of halogens is 2. The minimum atomic E-state index is -0.983. The van der Waals surface area contributed by atoms with Crippen molar-refractivity contribution < 1.29 is 27.8 Å². The second-order valence-electron chi connectivity index (χ2n) is 5.16. The van der Waals surface area contributed by atoms with Crippen LogP contribution in [0.25, 0.3) is 6.08 Å². The van der Waals surface area contributed by atoms with E-state index in [1.807, 2.05) is 0 Å². The summed E-state index contributed by atoms with van der Waals surface area (Å²) in [5, 5.41) is 2.63. The van der Waals surface area contributed by atoms with Crippen molar-refractivity contribution in [2.75, 3.05) is 27.4 Å². The summed E-state index contributed by atoms with van der Waals surface area (Å²) in [6.45, 7) is 0.332. The topological polar surface area (TPSA) is 56.8 Å². The lowest BCUT2D eigenvalue weighted by molar-refractivity contribution is -0.116. The molecule has 0 bridgehead atoms. The Kier molecular flexibility index (Phi) is 6.96. The van der Waals surface area contributed by atoms with Crippen LogP contribution >= 0.6 is 0 Å². The number of benzene rings is 2. The molecule has 1 N–H and O–H groups in total. The van der Waals surface area contributed by atoms with Crippen LogP contribution in [0.15, 0.2) is 42.5 Å². The van der Waals surface area contributed by atoms with Gasteiger partial charge in [-0.2, -0.15) is 0 Å². The molecule has 0 aromatic heterocycles. The van der Waals surface area contributed by atoms with Crippen molar-refractivity contribution in [3.8, 4) is 17.2 Å². The van der Waals surface area contributed by atoms with Gasteiger partial charge in [-0.3, -0.25) is 4.79 Å². The molecule has 0 radical (unpaired) electrons. The molecule has 0 spiro atoms. The fourth-order valence-electron chi connectivity index (χ4n) is 2.09. The highest BCUT2D eigenvalue weighted by Gasteiger charge is 2.04. The summed E-state index contributed by atoms with van der Waals surface area (Å²) < 4.78 is 41.4. The molecule has 0 fully saturated rings. The van der Waals surface area contributed by atoms with Crippen molar-refractivity contribution in [1.82, 2.24) is 5.32 Å². The molecular weight excluding hydrogens is 344 g/mol. The first-order valence-electron chi connectivity index (χ1n) is 7.79. The largest absolute Gasteiger partial charge is 0.497 e. The molecule has 1 amide bonds. The lowest BCUT2D eigenvalue weighted by atomic mass is 10.1. The molecule has 0 aliphatic heterocycles. The Bertz CT molecular complexity index is 793. The molecule has 138 valence electrons. The Labute approximate surface area is 150 Å². The molecule has 0 saturated carbocycles. The lowest BCUT2D eigenvalue weighted by Gasteiger charge is -2.08. The van der Waals surface area contributed by atoms with Gasteiger partial charge in [-0.1, -0.05) is 0 Å². The van der Waals surface area contributed by atoms with Crippen molar-refractivity contribution >= 4 is 12.0 Å². The highest BCUT2D eigenvalue weighted by atomic mass is 19.2. The number of carbonyl (C=O) groups excluding carboxylic acids is 1. The van der Waals surface area contributed by atoms with Gasteiger partial charge in [0.05, 0.1) is 20.8 Å². The van der Waals surface area contributed by atoms with E-state index in [4.69, 9.17) is 14.2 Å². The molecule has 0 heterocycles. The third kappa shape index (κ3) is 5.47. The number of nitrogens with one attached hydrogen (secondary N) is 1. The predicted octanol–water partition coefficient (Wildman–Crippen LogP) is 3.19. The van der Waals surface area contributed by atoms with Gasteiger partial charge in [0, 0.05) is 23.8 Å². The van der Waals surface area contributed by atoms with Gasteiger partial charge in [-0.25, -0.2) is 8.78 Å². The Hall–Kier alpha value is -3.09. The fraction of sp³-hybridized carbons (Fsp3) is 0.211. The van der Waals surface area contributed by atoms with E-state index in [0.717, 1.165) is 17.7 Å². The molecule has 7 heteroatoms. The molecule has 0 saturated heterocycles. The third-order valence-corrected chi connectivity index (χ3v) is 3.42. The first kappa shape index (κ1) is 19.2. The van der Waals surface area contributed by atoms with E-state index < -0.39 is 11.6 Å². The van der Waals surface area contributed by atoms with Crippen molar-refractivity contribution in [1.29, 1.82) is 0 Å². The van der Waals surface area contributed by atoms with Crippen LogP contribution in [0.2, 0.25) is 0 Å². The van der Waals surface area contributed by atoms with Gasteiger partial charge in [0.1, 0.15) is 23.9 Å². The van der Waals surface area contributed by atoms with Crippen molar-refractivity contribution in [3.63, 3.8) is 0 Å². The average Bonchev–Trinajstić information content (AvgIpc) is 2.66. The van der Waals surface area contributed by atoms with Crippen molar-refractivity contribution in [3.05, 3.63) is 59.7 Å². The average molecular weight is 363 g/mol. The first-order valence-corrected chi connectivity index (χ1v) is 7.79. The molecule has 0 aliphatic carbocycles. The molecule has 2 aromatic rings. The van der Waals surface area contributed by atoms with Crippen LogP contribution in [0, 0.1) is 11.6 Å². The second kappa shape index (κ2) is 9.41. The third-order valence-electron chi connectivity index (χ3n) is 3.42. The Morgan fingerprint density at radius 2 is 1.81 bits per heavy atom. The number of rotatable bonds is 8. The number of carbonyl (C=O) groups is 1. The molecule has 5 nitrogen and oxygen atoms in total. The minimum Gasteiger partial charge on any atom is -0.497 e. The van der Waals surface area contributed by atoms with Crippen LogP contribution in [0.3, 0.4) is 0 Å². The van der Waals surface area contributed by atoms with Gasteiger partial charge >= 0.3 is 0 Å². The van der Waals surface area contributed by atoms with Gasteiger partial charge in [-0.05, 0) is 30.3 Å². The van der Waals surface area contributed by atoms with E-state index in [9.17, 15) is 13.6 Å². The molecule has 2 aromatic carbocycles. The van der Waals surface area contributed by atoms with E-state index in [1.165, 1.54) is 19.3 Å². The van der Waals surface area contributed by atoms with Gasteiger partial charge in [-0.15, -0.1) is 0 Å². The first-order chi connectivity index (χ1) is 12.5. The van der Waals surface area contributed by atoms with Crippen LogP contribution < -0.4 is 19.5 Å². The smallest absolute Gasteiger partial charge is 0.244 e. The van der Waals surface area contributed by atoms with E-state index in [2.05, 4.69) is 5.32 Å². The summed E-state index contributed by atoms with van der Waals surface area (Å²) in [5.41, 5.74) is 0.724. The molecule has 0 aliphatic rings. The molecule has 0 atom stereocenters. The lowest BCUT2D eigenvalue weighted by Crippen LogP contribution is -2.26. The highest BCUT2D eigenvalue weighted by Crippen LogP contribution is 2.25. The standard InChI is InChI=1S/C19H19F2NO4/c1-24-14-5-3-13(18(12-14)25-2)4-8-19(23)22-9-10-26-15-6-7-16(20)17(21)11-15/h3-8,11-12H,9-10H2,1-2H3,(H,22,23). The summed E-state index contributed by atoms with van der Waals surface area (Å²) in [7, 11) is 3.09. The van der Waals surface area contributed by atoms with Gasteiger partial charge in [0.25, 0.3) is 0 Å². The molecule has 2 rings (SSSR count). The summed E-state index contributed by atoms with van der Waals surface area (Å²) in [4.78, 5) is 11.8. The monoisotopic (exact) mass is 363 g/mol. The van der Waals surface area contributed by atoms with E-state index in [1.54, 1.807) is 31.4 Å². The van der Waals surface area contributed by atoms with Gasteiger partial charge < -0.3 is 19.5 Å². The van der Waals surface area contributed by atoms with E-state index in [0.29, 0.717) is 11.5 Å². The number of hydrogen-bond donors (Lipinski definition) is 1. The number of amides is 1. The van der Waals surface area contributed by atoms with Gasteiger partial charge in [0.15, 0.2) is 11.6 Å². The predicted molar refractivity (Wildman–Crippen MR) is 93.4 cm³/mol. The number of hydrogen-bond acceptors (Lipinski definition) is 4. The Morgan fingerprint density at radius 1 is 1.04 bits per heavy atom. The zero-order valence-corrected chi connectivity index (χ0v) is 14.4. The quantitative estimate of drug-likeness (QED) is 0.578. The minimum absolute atomic E-state index is 0.122. The zero-order valence-electron chi connectivity index (χ0n) is 14.4. The summed E-state index contributed by atoms with van der Waals surface area (Å²) in [6.07, 6.45) is 2.98. The highest BCUT2D eigenvalue weighted by molar-refractivity contribution is 5.92. The van der Waals surface area contributed by atoms with Crippen molar-refractivity contribution in [2.24, 2.45) is 0 Å². The van der Waals surface area contributed by atoms with Crippen molar-refractivity contribution in [2.45, 2.75) is 0 Å². The second-order valence-corrected chi connectivity index (χ2v) is 5.16. The Balaban J connectivity index is 1.81. The van der Waals surface area contributed by atoms with Crippen LogP contribution in [-0.2, 0) is 4.79 Å². The van der Waals surface area contributed by atoms with Gasteiger partial charge in [0.2, 0.25) is 5.91 Å². The summed E-state index contributed by atoms with van der Waals surface area (Å²) in [5.74, 6) is -0.825. The maximum absolute atomic E-state index is 13.0. The van der Waals surface area contributed by atoms with Crippen LogP contribution in [0.5, 0.6) is 17.2 Å². The summed E-state index contributed by atoms with van der Waals surface area (Å²) >= 11 is 0. The zero-order chi connectivity index (χ0) is 18.9. The maximum Gasteiger partial charge on any atom is 0.244 e. The van der Waals surface area contributed by atoms with Crippen LogP contribution in [0.1, 0.15) is 5.56 Å². The number of ether oxygens (including phenoxy) is 3. The Morgan fingerprint density at radius 3 is 2.50 bits per heavy atom. The fourth-order valence-corrected chi connectivity index (χ4v) is 2.09. The molecule has 26 heavy (non-hydrogen) atoms. The van der Waals surface area contributed by atoms with E-state index >= 15 is 0 Å². The van der Waals surface area contributed by atoms with E-state index in [-0.39, 0.29) is 24.8 Å². The normalized spacial score (nSPS) is 10.6. The summed E-state index contributed by atoms with van der Waals surface area (Å²) in [6, 6.07) is 8.49. The maximum atomic E-state index is 13.0. The SMILES string of the molecule is COc1ccc(C=CC(=O)NCCOc2ccc(F)c(F)c2)c(OC)c1. The molecular formula is C19H19F2NO4.